The molecule has 2 saturated heterocycles. The molecule has 1 N–H and O–H groups in total. The van der Waals surface area contributed by atoms with E-state index in [4.69, 9.17) is 0 Å². The fraction of sp³-hybridized carbons (Fsp3) is 1.00. The number of hydrogen-bond acceptors (Lipinski definition) is 3. The van der Waals surface area contributed by atoms with Crippen molar-refractivity contribution in [3.05, 3.63) is 0 Å². The predicted molar refractivity (Wildman–Crippen MR) is 66.7 cm³/mol. The van der Waals surface area contributed by atoms with E-state index in [1.54, 1.807) is 0 Å². The molecule has 3 nitrogen and oxygen atoms in total. The van der Waals surface area contributed by atoms with E-state index >= 15 is 0 Å². The molecule has 3 aliphatic rings. The monoisotopic (exact) mass is 223 g/mol. The second-order valence-corrected chi connectivity index (χ2v) is 5.76. The van der Waals surface area contributed by atoms with Crippen LogP contribution in [0.3, 0.4) is 0 Å². The van der Waals surface area contributed by atoms with E-state index in [1.807, 2.05) is 0 Å². The first-order valence-corrected chi connectivity index (χ1v) is 7.03. The van der Waals surface area contributed by atoms with Gasteiger partial charge in [-0.2, -0.15) is 0 Å². The summed E-state index contributed by atoms with van der Waals surface area (Å²) in [4.78, 5) is 5.53. The molecule has 1 saturated carbocycles. The minimum atomic E-state index is 0.814. The Hall–Kier alpha value is -0.120. The first kappa shape index (κ1) is 11.0. The maximum atomic E-state index is 3.35. The molecule has 3 rings (SSSR count). The van der Waals surface area contributed by atoms with Crippen LogP contribution >= 0.6 is 0 Å². The number of hydrogen-bond donors (Lipinski definition) is 1. The van der Waals surface area contributed by atoms with Crippen molar-refractivity contribution < 1.29 is 0 Å². The van der Waals surface area contributed by atoms with E-state index in [-0.39, 0.29) is 0 Å². The van der Waals surface area contributed by atoms with E-state index in [0.717, 1.165) is 18.1 Å². The first-order valence-electron chi connectivity index (χ1n) is 7.03. The van der Waals surface area contributed by atoms with Crippen molar-refractivity contribution in [2.45, 2.75) is 50.2 Å². The largest absolute Gasteiger partial charge is 0.318 e. The average molecular weight is 223 g/mol. The second-order valence-electron chi connectivity index (χ2n) is 5.76. The smallest absolute Gasteiger partial charge is 0.0238 e. The molecule has 0 amide bonds. The van der Waals surface area contributed by atoms with Gasteiger partial charge in [-0.15, -0.1) is 0 Å². The standard InChI is InChI=1S/C13H25N3/c1-14-9-12-3-2-7-16(12)13-6-8-15(10-13)11-4-5-11/h11-14H,2-10H2,1H3. The third-order valence-corrected chi connectivity index (χ3v) is 4.59. The van der Waals surface area contributed by atoms with Crippen LogP contribution in [0.1, 0.15) is 32.1 Å². The third-order valence-electron chi connectivity index (χ3n) is 4.59. The molecule has 0 bridgehead atoms. The zero-order valence-electron chi connectivity index (χ0n) is 10.5. The molecule has 1 aliphatic carbocycles. The highest BCUT2D eigenvalue weighted by molar-refractivity contribution is 4.95. The molecule has 2 atom stereocenters. The van der Waals surface area contributed by atoms with Crippen molar-refractivity contribution in [2.75, 3.05) is 33.2 Å². The van der Waals surface area contributed by atoms with Crippen molar-refractivity contribution >= 4 is 0 Å². The van der Waals surface area contributed by atoms with Crippen LogP contribution in [0.25, 0.3) is 0 Å². The van der Waals surface area contributed by atoms with Crippen LogP contribution in [0.5, 0.6) is 0 Å². The number of likely N-dealkylation sites (tertiary alicyclic amines) is 2. The summed E-state index contributed by atoms with van der Waals surface area (Å²) in [6.45, 7) is 5.23. The molecule has 3 fully saturated rings. The van der Waals surface area contributed by atoms with Gasteiger partial charge in [-0.1, -0.05) is 0 Å². The van der Waals surface area contributed by atoms with Gasteiger partial charge in [0.15, 0.2) is 0 Å². The molecule has 0 aromatic heterocycles. The molecule has 0 aromatic rings. The molecule has 92 valence electrons. The van der Waals surface area contributed by atoms with Crippen molar-refractivity contribution in [1.29, 1.82) is 0 Å². The average Bonchev–Trinajstić information content (AvgIpc) is 2.85. The van der Waals surface area contributed by atoms with Crippen LogP contribution in [0.4, 0.5) is 0 Å². The highest BCUT2D eigenvalue weighted by atomic mass is 15.3. The second kappa shape index (κ2) is 4.63. The molecular formula is C13H25N3. The van der Waals surface area contributed by atoms with Crippen LogP contribution < -0.4 is 5.32 Å². The lowest BCUT2D eigenvalue weighted by Gasteiger charge is -2.30. The summed E-state index contributed by atoms with van der Waals surface area (Å²) >= 11 is 0. The molecule has 0 radical (unpaired) electrons. The molecule has 2 aliphatic heterocycles. The van der Waals surface area contributed by atoms with Crippen LogP contribution in [0.2, 0.25) is 0 Å². The molecule has 2 heterocycles. The summed E-state index contributed by atoms with van der Waals surface area (Å²) in [5, 5.41) is 3.35. The summed E-state index contributed by atoms with van der Waals surface area (Å²) in [7, 11) is 2.08. The molecule has 0 spiro atoms. The van der Waals surface area contributed by atoms with E-state index in [1.165, 1.54) is 58.3 Å². The third kappa shape index (κ3) is 2.13. The van der Waals surface area contributed by atoms with Crippen LogP contribution in [-0.4, -0.2) is 61.2 Å². The van der Waals surface area contributed by atoms with Crippen molar-refractivity contribution in [1.82, 2.24) is 15.1 Å². The van der Waals surface area contributed by atoms with Gasteiger partial charge in [0, 0.05) is 37.8 Å². The topological polar surface area (TPSA) is 18.5 Å². The summed E-state index contributed by atoms with van der Waals surface area (Å²) in [6, 6.07) is 2.64. The van der Waals surface area contributed by atoms with Crippen LogP contribution in [-0.2, 0) is 0 Å². The van der Waals surface area contributed by atoms with Crippen LogP contribution in [0, 0.1) is 0 Å². The van der Waals surface area contributed by atoms with Gasteiger partial charge in [0.05, 0.1) is 0 Å². The molecule has 0 aromatic carbocycles. The Morgan fingerprint density at radius 3 is 2.69 bits per heavy atom. The molecule has 2 unspecified atom stereocenters. The minimum absolute atomic E-state index is 0.814. The summed E-state index contributed by atoms with van der Waals surface area (Å²) in [5.74, 6) is 0. The number of likely N-dealkylation sites (N-methyl/N-ethyl adjacent to an activating group) is 1. The molecular weight excluding hydrogens is 198 g/mol. The molecule has 16 heavy (non-hydrogen) atoms. The van der Waals surface area contributed by atoms with E-state index in [2.05, 4.69) is 22.2 Å². The van der Waals surface area contributed by atoms with Gasteiger partial charge >= 0.3 is 0 Å². The lowest BCUT2D eigenvalue weighted by Crippen LogP contribution is -2.44. The summed E-state index contributed by atoms with van der Waals surface area (Å²) in [5.41, 5.74) is 0. The fourth-order valence-electron chi connectivity index (χ4n) is 3.60. The lowest BCUT2D eigenvalue weighted by molar-refractivity contribution is 0.174. The highest BCUT2D eigenvalue weighted by Gasteiger charge is 2.39. The van der Waals surface area contributed by atoms with Gasteiger partial charge in [-0.3, -0.25) is 9.80 Å². The zero-order chi connectivity index (χ0) is 11.0. The Morgan fingerprint density at radius 1 is 1.06 bits per heavy atom. The van der Waals surface area contributed by atoms with Gasteiger partial charge in [0.2, 0.25) is 0 Å². The Labute approximate surface area is 99.2 Å². The van der Waals surface area contributed by atoms with Crippen LogP contribution in [0.15, 0.2) is 0 Å². The first-order chi connectivity index (χ1) is 7.88. The Kier molecular flexibility index (Phi) is 3.18. The Morgan fingerprint density at radius 2 is 1.94 bits per heavy atom. The van der Waals surface area contributed by atoms with Gasteiger partial charge < -0.3 is 5.32 Å². The molecule has 3 heteroatoms. The Bertz CT molecular complexity index is 239. The zero-order valence-corrected chi connectivity index (χ0v) is 10.5. The fourth-order valence-corrected chi connectivity index (χ4v) is 3.60. The van der Waals surface area contributed by atoms with E-state index < -0.39 is 0 Å². The van der Waals surface area contributed by atoms with Crippen molar-refractivity contribution in [2.24, 2.45) is 0 Å². The van der Waals surface area contributed by atoms with E-state index in [0.29, 0.717) is 0 Å². The van der Waals surface area contributed by atoms with Gasteiger partial charge in [0.1, 0.15) is 0 Å². The van der Waals surface area contributed by atoms with Gasteiger partial charge in [-0.25, -0.2) is 0 Å². The Balaban J connectivity index is 1.55. The number of nitrogens with one attached hydrogen (secondary N) is 1. The number of nitrogens with zero attached hydrogens (tertiary/aromatic N) is 2. The highest BCUT2D eigenvalue weighted by Crippen LogP contribution is 2.33. The predicted octanol–water partition coefficient (Wildman–Crippen LogP) is 0.907. The quantitative estimate of drug-likeness (QED) is 0.764. The SMILES string of the molecule is CNCC1CCCN1C1CCN(C2CC2)C1. The van der Waals surface area contributed by atoms with Gasteiger partial charge in [0.25, 0.3) is 0 Å². The maximum absolute atomic E-state index is 3.35. The maximum Gasteiger partial charge on any atom is 0.0238 e. The van der Waals surface area contributed by atoms with Gasteiger partial charge in [-0.05, 0) is 45.7 Å². The minimum Gasteiger partial charge on any atom is -0.318 e. The lowest BCUT2D eigenvalue weighted by atomic mass is 10.1. The van der Waals surface area contributed by atoms with Crippen molar-refractivity contribution in [3.8, 4) is 0 Å². The summed E-state index contributed by atoms with van der Waals surface area (Å²) < 4.78 is 0. The number of rotatable bonds is 4. The normalized spacial score (nSPS) is 37.3. The van der Waals surface area contributed by atoms with E-state index in [9.17, 15) is 0 Å². The summed E-state index contributed by atoms with van der Waals surface area (Å²) in [6.07, 6.45) is 7.16. The van der Waals surface area contributed by atoms with Crippen molar-refractivity contribution in [3.63, 3.8) is 0 Å².